The van der Waals surface area contributed by atoms with Gasteiger partial charge >= 0.3 is 0 Å². The third-order valence-corrected chi connectivity index (χ3v) is 4.17. The van der Waals surface area contributed by atoms with Crippen molar-refractivity contribution in [1.82, 2.24) is 10.2 Å². The van der Waals surface area contributed by atoms with Gasteiger partial charge in [0.1, 0.15) is 0 Å². The zero-order valence-corrected chi connectivity index (χ0v) is 12.8. The first kappa shape index (κ1) is 15.2. The summed E-state index contributed by atoms with van der Waals surface area (Å²) < 4.78 is 11.4. The van der Waals surface area contributed by atoms with Crippen molar-refractivity contribution in [1.29, 1.82) is 0 Å². The van der Waals surface area contributed by atoms with E-state index in [1.165, 1.54) is 12.8 Å². The highest BCUT2D eigenvalue weighted by atomic mass is 16.5. The molecule has 4 nitrogen and oxygen atoms in total. The van der Waals surface area contributed by atoms with Crippen molar-refractivity contribution in [3.63, 3.8) is 0 Å². The molecule has 0 aromatic carbocycles. The van der Waals surface area contributed by atoms with Gasteiger partial charge in [0.25, 0.3) is 0 Å². The molecule has 19 heavy (non-hydrogen) atoms. The lowest BCUT2D eigenvalue weighted by Crippen LogP contribution is -2.53. The Hall–Kier alpha value is -0.160. The second-order valence-corrected chi connectivity index (χ2v) is 6.61. The van der Waals surface area contributed by atoms with E-state index in [1.54, 1.807) is 0 Å². The molecule has 0 bridgehead atoms. The van der Waals surface area contributed by atoms with Crippen LogP contribution in [0.3, 0.4) is 0 Å². The Kier molecular flexibility index (Phi) is 5.63. The van der Waals surface area contributed by atoms with Crippen molar-refractivity contribution in [2.45, 2.75) is 45.8 Å². The molecule has 0 radical (unpaired) electrons. The van der Waals surface area contributed by atoms with Crippen LogP contribution in [0.1, 0.15) is 33.6 Å². The molecule has 112 valence electrons. The lowest BCUT2D eigenvalue weighted by atomic mass is 9.81. The van der Waals surface area contributed by atoms with Crippen molar-refractivity contribution in [3.05, 3.63) is 0 Å². The Morgan fingerprint density at radius 2 is 2.21 bits per heavy atom. The second kappa shape index (κ2) is 7.02. The van der Waals surface area contributed by atoms with E-state index in [4.69, 9.17) is 9.47 Å². The highest BCUT2D eigenvalue weighted by Gasteiger charge is 2.35. The summed E-state index contributed by atoms with van der Waals surface area (Å²) in [4.78, 5) is 2.56. The van der Waals surface area contributed by atoms with Crippen LogP contribution in [0.2, 0.25) is 0 Å². The van der Waals surface area contributed by atoms with Crippen LogP contribution in [0.5, 0.6) is 0 Å². The molecule has 1 N–H and O–H groups in total. The number of ether oxygens (including phenoxy) is 2. The van der Waals surface area contributed by atoms with E-state index in [9.17, 15) is 0 Å². The van der Waals surface area contributed by atoms with E-state index in [0.29, 0.717) is 17.6 Å². The molecule has 2 aliphatic heterocycles. The summed E-state index contributed by atoms with van der Waals surface area (Å²) in [6.07, 6.45) is 2.84. The molecule has 4 heteroatoms. The molecule has 0 saturated carbocycles. The molecule has 2 atom stereocenters. The minimum absolute atomic E-state index is 0.291. The molecule has 2 rings (SSSR count). The maximum absolute atomic E-state index is 5.79. The number of nitrogens with zero attached hydrogens (tertiary/aromatic N) is 1. The molecule has 0 aliphatic carbocycles. The van der Waals surface area contributed by atoms with Crippen molar-refractivity contribution in [2.24, 2.45) is 5.41 Å². The van der Waals surface area contributed by atoms with Crippen LogP contribution in [0, 0.1) is 5.41 Å². The van der Waals surface area contributed by atoms with Crippen LogP contribution in [0.25, 0.3) is 0 Å². The Morgan fingerprint density at radius 3 is 2.84 bits per heavy atom. The summed E-state index contributed by atoms with van der Waals surface area (Å²) in [7, 11) is 0. The molecule has 2 saturated heterocycles. The van der Waals surface area contributed by atoms with Gasteiger partial charge in [0.05, 0.1) is 19.3 Å². The van der Waals surface area contributed by atoms with Gasteiger partial charge in [-0.15, -0.1) is 0 Å². The fraction of sp³-hybridized carbons (Fsp3) is 1.00. The van der Waals surface area contributed by atoms with E-state index >= 15 is 0 Å². The predicted octanol–water partition coefficient (Wildman–Crippen LogP) is 1.50. The number of nitrogens with one attached hydrogen (secondary N) is 1. The Labute approximate surface area is 117 Å². The van der Waals surface area contributed by atoms with Gasteiger partial charge in [0.2, 0.25) is 0 Å². The Bertz CT molecular complexity index is 265. The van der Waals surface area contributed by atoms with Gasteiger partial charge in [-0.3, -0.25) is 4.90 Å². The lowest BCUT2D eigenvalue weighted by molar-refractivity contribution is -0.0644. The molecule has 2 fully saturated rings. The molecule has 0 aromatic rings. The molecule has 0 aromatic heterocycles. The van der Waals surface area contributed by atoms with Gasteiger partial charge < -0.3 is 14.8 Å². The van der Waals surface area contributed by atoms with Crippen molar-refractivity contribution < 1.29 is 9.47 Å². The van der Waals surface area contributed by atoms with Gasteiger partial charge in [-0.2, -0.15) is 0 Å². The largest absolute Gasteiger partial charge is 0.381 e. The highest BCUT2D eigenvalue weighted by Crippen LogP contribution is 2.30. The third-order valence-electron chi connectivity index (χ3n) is 4.17. The van der Waals surface area contributed by atoms with Gasteiger partial charge in [0, 0.05) is 44.2 Å². The second-order valence-electron chi connectivity index (χ2n) is 6.61. The highest BCUT2D eigenvalue weighted by molar-refractivity contribution is 4.88. The van der Waals surface area contributed by atoms with E-state index < -0.39 is 0 Å². The SMILES string of the molecule is CC(C)NCC1(CN2CCOC(C)C2)CCCOC1. The molecule has 2 unspecified atom stereocenters. The molecule has 0 spiro atoms. The molecule has 2 aliphatic rings. The summed E-state index contributed by atoms with van der Waals surface area (Å²) in [5.41, 5.74) is 0.291. The lowest BCUT2D eigenvalue weighted by Gasteiger charge is -2.43. The molecule has 0 amide bonds. The first-order chi connectivity index (χ1) is 9.10. The monoisotopic (exact) mass is 270 g/mol. The van der Waals surface area contributed by atoms with E-state index in [-0.39, 0.29) is 0 Å². The zero-order chi connectivity index (χ0) is 13.7. The normalized spacial score (nSPS) is 33.8. The maximum Gasteiger partial charge on any atom is 0.0674 e. The molecular formula is C15H30N2O2. The summed E-state index contributed by atoms with van der Waals surface area (Å²) in [6.45, 7) is 13.6. The van der Waals surface area contributed by atoms with Crippen LogP contribution >= 0.6 is 0 Å². The average molecular weight is 270 g/mol. The molecular weight excluding hydrogens is 240 g/mol. The van der Waals surface area contributed by atoms with Gasteiger partial charge in [-0.05, 0) is 19.8 Å². The van der Waals surface area contributed by atoms with Gasteiger partial charge in [-0.25, -0.2) is 0 Å². The number of hydrogen-bond donors (Lipinski definition) is 1. The third kappa shape index (κ3) is 4.71. The summed E-state index contributed by atoms with van der Waals surface area (Å²) in [5, 5.41) is 3.62. The maximum atomic E-state index is 5.79. The average Bonchev–Trinajstić information content (AvgIpc) is 2.38. The van der Waals surface area contributed by atoms with E-state index in [2.05, 4.69) is 31.0 Å². The zero-order valence-electron chi connectivity index (χ0n) is 12.8. The number of morpholine rings is 1. The Balaban J connectivity index is 1.92. The minimum Gasteiger partial charge on any atom is -0.381 e. The standard InChI is InChI=1S/C15H30N2O2/c1-13(2)16-10-15(5-4-7-18-12-15)11-17-6-8-19-14(3)9-17/h13-14,16H,4-12H2,1-3H3. The van der Waals surface area contributed by atoms with Gasteiger partial charge in [0.15, 0.2) is 0 Å². The van der Waals surface area contributed by atoms with Crippen molar-refractivity contribution >= 4 is 0 Å². The van der Waals surface area contributed by atoms with E-state index in [0.717, 1.165) is 46.0 Å². The topological polar surface area (TPSA) is 33.7 Å². The summed E-state index contributed by atoms with van der Waals surface area (Å²) in [5.74, 6) is 0. The van der Waals surface area contributed by atoms with E-state index in [1.807, 2.05) is 0 Å². The minimum atomic E-state index is 0.291. The number of hydrogen-bond acceptors (Lipinski definition) is 4. The fourth-order valence-corrected chi connectivity index (χ4v) is 3.16. The first-order valence-corrected chi connectivity index (χ1v) is 7.75. The van der Waals surface area contributed by atoms with Crippen LogP contribution in [-0.4, -0.2) is 63.0 Å². The predicted molar refractivity (Wildman–Crippen MR) is 77.5 cm³/mol. The summed E-state index contributed by atoms with van der Waals surface area (Å²) in [6, 6.07) is 0.544. The van der Waals surface area contributed by atoms with Gasteiger partial charge in [-0.1, -0.05) is 13.8 Å². The quantitative estimate of drug-likeness (QED) is 0.821. The van der Waals surface area contributed by atoms with Crippen LogP contribution < -0.4 is 5.32 Å². The first-order valence-electron chi connectivity index (χ1n) is 7.75. The van der Waals surface area contributed by atoms with Crippen molar-refractivity contribution in [3.8, 4) is 0 Å². The fourth-order valence-electron chi connectivity index (χ4n) is 3.16. The Morgan fingerprint density at radius 1 is 1.37 bits per heavy atom. The van der Waals surface area contributed by atoms with Crippen LogP contribution in [-0.2, 0) is 9.47 Å². The molecule has 2 heterocycles. The summed E-state index contributed by atoms with van der Waals surface area (Å²) >= 11 is 0. The van der Waals surface area contributed by atoms with Crippen LogP contribution in [0.15, 0.2) is 0 Å². The smallest absolute Gasteiger partial charge is 0.0674 e. The van der Waals surface area contributed by atoms with Crippen molar-refractivity contribution in [2.75, 3.05) is 46.0 Å². The number of rotatable bonds is 5. The van der Waals surface area contributed by atoms with Crippen LogP contribution in [0.4, 0.5) is 0 Å².